The summed E-state index contributed by atoms with van der Waals surface area (Å²) in [5.41, 5.74) is 8.42. The van der Waals surface area contributed by atoms with Crippen LogP contribution in [0.1, 0.15) is 11.6 Å². The topological polar surface area (TPSA) is 58.3 Å². The minimum Gasteiger partial charge on any atom is -0.397 e. The highest BCUT2D eigenvalue weighted by atomic mass is 16.3. The highest BCUT2D eigenvalue weighted by Gasteiger charge is 2.10. The van der Waals surface area contributed by atoms with Crippen LogP contribution in [0.25, 0.3) is 0 Å². The van der Waals surface area contributed by atoms with Crippen LogP contribution in [0.5, 0.6) is 0 Å². The fourth-order valence-corrected chi connectivity index (χ4v) is 1.74. The first kappa shape index (κ1) is 11.5. The zero-order valence-corrected chi connectivity index (χ0v) is 9.51. The van der Waals surface area contributed by atoms with Gasteiger partial charge in [-0.05, 0) is 17.7 Å². The number of benzene rings is 2. The van der Waals surface area contributed by atoms with E-state index in [0.29, 0.717) is 5.69 Å². The minimum atomic E-state index is -0.138. The van der Waals surface area contributed by atoms with Gasteiger partial charge in [-0.2, -0.15) is 0 Å². The average molecular weight is 228 g/mol. The van der Waals surface area contributed by atoms with Crippen LogP contribution in [-0.4, -0.2) is 11.7 Å². The van der Waals surface area contributed by atoms with Crippen LogP contribution in [0.15, 0.2) is 54.6 Å². The predicted molar refractivity (Wildman–Crippen MR) is 70.7 cm³/mol. The van der Waals surface area contributed by atoms with Gasteiger partial charge in [-0.15, -0.1) is 0 Å². The van der Waals surface area contributed by atoms with Gasteiger partial charge in [-0.3, -0.25) is 0 Å². The molecule has 4 N–H and O–H groups in total. The van der Waals surface area contributed by atoms with Crippen LogP contribution in [0.3, 0.4) is 0 Å². The smallest absolute Gasteiger partial charge is 0.0745 e. The second-order valence-electron chi connectivity index (χ2n) is 3.88. The summed E-state index contributed by atoms with van der Waals surface area (Å²) in [6.07, 6.45) is 0. The zero-order valence-electron chi connectivity index (χ0n) is 9.51. The van der Waals surface area contributed by atoms with Crippen molar-refractivity contribution < 1.29 is 5.11 Å². The summed E-state index contributed by atoms with van der Waals surface area (Å²) in [6.45, 7) is 0.0261. The molecule has 0 unspecified atom stereocenters. The Morgan fingerprint density at radius 1 is 1.00 bits per heavy atom. The Bertz CT molecular complexity index is 471. The van der Waals surface area contributed by atoms with Gasteiger partial charge in [-0.25, -0.2) is 0 Å². The van der Waals surface area contributed by atoms with Gasteiger partial charge in [0.25, 0.3) is 0 Å². The standard InChI is InChI=1S/C14H16N2O/c15-12-8-4-5-9-13(12)16-14(10-17)11-6-2-1-3-7-11/h1-9,14,16-17H,10,15H2/t14-/m1/s1. The number of rotatable bonds is 4. The van der Waals surface area contributed by atoms with Crippen LogP contribution in [0.2, 0.25) is 0 Å². The fourth-order valence-electron chi connectivity index (χ4n) is 1.74. The van der Waals surface area contributed by atoms with Crippen molar-refractivity contribution in [2.75, 3.05) is 17.7 Å². The van der Waals surface area contributed by atoms with Crippen LogP contribution < -0.4 is 11.1 Å². The highest BCUT2D eigenvalue weighted by molar-refractivity contribution is 5.66. The third kappa shape index (κ3) is 2.77. The lowest BCUT2D eigenvalue weighted by molar-refractivity contribution is 0.276. The number of aliphatic hydroxyl groups is 1. The second kappa shape index (κ2) is 5.37. The molecular weight excluding hydrogens is 212 g/mol. The van der Waals surface area contributed by atoms with Gasteiger partial charge in [0.1, 0.15) is 0 Å². The molecule has 0 aliphatic carbocycles. The van der Waals surface area contributed by atoms with Gasteiger partial charge in [0.05, 0.1) is 24.0 Å². The van der Waals surface area contributed by atoms with E-state index in [1.807, 2.05) is 54.6 Å². The summed E-state index contributed by atoms with van der Waals surface area (Å²) in [5.74, 6) is 0. The number of anilines is 2. The van der Waals surface area contributed by atoms with Gasteiger partial charge >= 0.3 is 0 Å². The minimum absolute atomic E-state index is 0.0261. The molecule has 0 bridgehead atoms. The lowest BCUT2D eigenvalue weighted by Gasteiger charge is -2.19. The molecule has 0 aliphatic rings. The van der Waals surface area contributed by atoms with Gasteiger partial charge < -0.3 is 16.2 Å². The molecule has 0 amide bonds. The molecule has 2 rings (SSSR count). The molecule has 0 aliphatic heterocycles. The van der Waals surface area contributed by atoms with Crippen molar-refractivity contribution in [3.63, 3.8) is 0 Å². The molecule has 0 heterocycles. The summed E-state index contributed by atoms with van der Waals surface area (Å²) in [4.78, 5) is 0. The number of nitrogens with two attached hydrogens (primary N) is 1. The molecule has 3 nitrogen and oxygen atoms in total. The molecule has 2 aromatic rings. The number of nitrogens with one attached hydrogen (secondary N) is 1. The molecule has 0 aromatic heterocycles. The first-order valence-electron chi connectivity index (χ1n) is 5.58. The molecular formula is C14H16N2O. The third-order valence-electron chi connectivity index (χ3n) is 2.68. The normalized spacial score (nSPS) is 12.1. The number of aliphatic hydroxyl groups excluding tert-OH is 1. The first-order chi connectivity index (χ1) is 8.31. The third-order valence-corrected chi connectivity index (χ3v) is 2.68. The maximum Gasteiger partial charge on any atom is 0.0745 e. The van der Waals surface area contributed by atoms with Gasteiger partial charge in [-0.1, -0.05) is 42.5 Å². The van der Waals surface area contributed by atoms with E-state index in [1.54, 1.807) is 0 Å². The average Bonchev–Trinajstić information content (AvgIpc) is 2.39. The van der Waals surface area contributed by atoms with Crippen LogP contribution in [-0.2, 0) is 0 Å². The number of hydrogen-bond acceptors (Lipinski definition) is 3. The Balaban J connectivity index is 2.19. The molecule has 88 valence electrons. The molecule has 0 saturated carbocycles. The number of hydrogen-bond donors (Lipinski definition) is 3. The fraction of sp³-hybridized carbons (Fsp3) is 0.143. The van der Waals surface area contributed by atoms with E-state index in [4.69, 9.17) is 5.73 Å². The Morgan fingerprint density at radius 2 is 1.65 bits per heavy atom. The SMILES string of the molecule is Nc1ccccc1N[C@H](CO)c1ccccc1. The van der Waals surface area contributed by atoms with Crippen LogP contribution >= 0.6 is 0 Å². The van der Waals surface area contributed by atoms with E-state index in [-0.39, 0.29) is 12.6 Å². The van der Waals surface area contributed by atoms with Crippen molar-refractivity contribution in [1.82, 2.24) is 0 Å². The molecule has 0 spiro atoms. The highest BCUT2D eigenvalue weighted by Crippen LogP contribution is 2.23. The van der Waals surface area contributed by atoms with E-state index >= 15 is 0 Å². The van der Waals surface area contributed by atoms with Gasteiger partial charge in [0.15, 0.2) is 0 Å². The first-order valence-corrected chi connectivity index (χ1v) is 5.58. The molecule has 0 radical (unpaired) electrons. The maximum atomic E-state index is 9.43. The molecule has 0 saturated heterocycles. The second-order valence-corrected chi connectivity index (χ2v) is 3.88. The number of para-hydroxylation sites is 2. The lowest BCUT2D eigenvalue weighted by Crippen LogP contribution is -2.15. The Labute approximate surface area is 101 Å². The maximum absolute atomic E-state index is 9.43. The zero-order chi connectivity index (χ0) is 12.1. The Kier molecular flexibility index (Phi) is 3.62. The largest absolute Gasteiger partial charge is 0.397 e. The van der Waals surface area contributed by atoms with Gasteiger partial charge in [0.2, 0.25) is 0 Å². The molecule has 2 aromatic carbocycles. The summed E-state index contributed by atoms with van der Waals surface area (Å²) >= 11 is 0. The van der Waals surface area contributed by atoms with E-state index < -0.39 is 0 Å². The van der Waals surface area contributed by atoms with Gasteiger partial charge in [0, 0.05) is 0 Å². The van der Waals surface area contributed by atoms with Crippen molar-refractivity contribution in [3.8, 4) is 0 Å². The van der Waals surface area contributed by atoms with E-state index in [2.05, 4.69) is 5.32 Å². The molecule has 0 fully saturated rings. The monoisotopic (exact) mass is 228 g/mol. The summed E-state index contributed by atoms with van der Waals surface area (Å²) in [5, 5.41) is 12.7. The Morgan fingerprint density at radius 3 is 2.29 bits per heavy atom. The number of nitrogen functional groups attached to an aromatic ring is 1. The van der Waals surface area contributed by atoms with Crippen molar-refractivity contribution in [3.05, 3.63) is 60.2 Å². The van der Waals surface area contributed by atoms with Crippen molar-refractivity contribution in [1.29, 1.82) is 0 Å². The quantitative estimate of drug-likeness (QED) is 0.704. The Hall–Kier alpha value is -2.00. The van der Waals surface area contributed by atoms with Crippen LogP contribution in [0, 0.1) is 0 Å². The molecule has 3 heteroatoms. The van der Waals surface area contributed by atoms with E-state index in [9.17, 15) is 5.11 Å². The summed E-state index contributed by atoms with van der Waals surface area (Å²) in [7, 11) is 0. The summed E-state index contributed by atoms with van der Waals surface area (Å²) < 4.78 is 0. The van der Waals surface area contributed by atoms with E-state index in [1.165, 1.54) is 0 Å². The van der Waals surface area contributed by atoms with Crippen molar-refractivity contribution >= 4 is 11.4 Å². The molecule has 17 heavy (non-hydrogen) atoms. The van der Waals surface area contributed by atoms with Crippen molar-refractivity contribution in [2.24, 2.45) is 0 Å². The van der Waals surface area contributed by atoms with Crippen molar-refractivity contribution in [2.45, 2.75) is 6.04 Å². The van der Waals surface area contributed by atoms with E-state index in [0.717, 1.165) is 11.3 Å². The summed E-state index contributed by atoms with van der Waals surface area (Å²) in [6, 6.07) is 17.2. The molecule has 1 atom stereocenters. The lowest BCUT2D eigenvalue weighted by atomic mass is 10.1. The van der Waals surface area contributed by atoms with Crippen LogP contribution in [0.4, 0.5) is 11.4 Å². The predicted octanol–water partition coefficient (Wildman–Crippen LogP) is 2.41.